The Morgan fingerprint density at radius 3 is 3.04 bits per heavy atom. The summed E-state index contributed by atoms with van der Waals surface area (Å²) < 4.78 is 6.79. The standard InChI is InChI=1S/C17H16ClN5O3/c1-2-26-15-8-11(7-12(18)17(15)25)9-19-21-16(24)10-23-14-6-4-3-5-13(14)20-22-23/h3-9,25H,2,10H2,1H3,(H,21,24)/b19-9+. The molecule has 2 N–H and O–H groups in total. The zero-order valence-electron chi connectivity index (χ0n) is 13.9. The van der Waals surface area contributed by atoms with E-state index in [9.17, 15) is 9.90 Å². The molecule has 0 saturated heterocycles. The van der Waals surface area contributed by atoms with Crippen LogP contribution in [-0.2, 0) is 11.3 Å². The molecule has 9 heteroatoms. The maximum atomic E-state index is 12.0. The Balaban J connectivity index is 1.66. The maximum Gasteiger partial charge on any atom is 0.261 e. The zero-order valence-corrected chi connectivity index (χ0v) is 14.6. The summed E-state index contributed by atoms with van der Waals surface area (Å²) in [5, 5.41) is 21.8. The van der Waals surface area contributed by atoms with E-state index in [2.05, 4.69) is 20.8 Å². The molecule has 0 aliphatic carbocycles. The van der Waals surface area contributed by atoms with E-state index in [0.29, 0.717) is 17.7 Å². The lowest BCUT2D eigenvalue weighted by molar-refractivity contribution is -0.121. The molecular weight excluding hydrogens is 358 g/mol. The minimum atomic E-state index is -0.355. The van der Waals surface area contributed by atoms with Crippen molar-refractivity contribution >= 4 is 34.8 Å². The van der Waals surface area contributed by atoms with E-state index in [4.69, 9.17) is 16.3 Å². The number of hydrazone groups is 1. The van der Waals surface area contributed by atoms with Gasteiger partial charge < -0.3 is 9.84 Å². The molecule has 0 fully saturated rings. The second-order valence-electron chi connectivity index (χ2n) is 5.31. The van der Waals surface area contributed by atoms with Crippen molar-refractivity contribution in [2.24, 2.45) is 5.10 Å². The molecule has 0 unspecified atom stereocenters. The first-order valence-corrected chi connectivity index (χ1v) is 8.21. The van der Waals surface area contributed by atoms with Crippen LogP contribution in [-0.4, -0.2) is 38.8 Å². The molecule has 8 nitrogen and oxygen atoms in total. The van der Waals surface area contributed by atoms with Crippen LogP contribution in [0.5, 0.6) is 11.5 Å². The molecule has 3 rings (SSSR count). The second kappa shape index (κ2) is 7.83. The number of aromatic nitrogens is 3. The quantitative estimate of drug-likeness (QED) is 0.510. The van der Waals surface area contributed by atoms with Crippen LogP contribution in [0.3, 0.4) is 0 Å². The SMILES string of the molecule is CCOc1cc(/C=N/NC(=O)Cn2nnc3ccccc32)cc(Cl)c1O. The number of phenolic OH excluding ortho intramolecular Hbond substituents is 1. The molecule has 0 aliphatic heterocycles. The number of nitrogens with one attached hydrogen (secondary N) is 1. The van der Waals surface area contributed by atoms with Crippen LogP contribution in [0.2, 0.25) is 5.02 Å². The molecule has 2 aromatic carbocycles. The van der Waals surface area contributed by atoms with Crippen molar-refractivity contribution < 1.29 is 14.6 Å². The molecule has 3 aromatic rings. The van der Waals surface area contributed by atoms with Crippen molar-refractivity contribution in [3.8, 4) is 11.5 Å². The fraction of sp³-hybridized carbons (Fsp3) is 0.176. The van der Waals surface area contributed by atoms with Crippen LogP contribution in [0, 0.1) is 0 Å². The number of phenols is 1. The Bertz CT molecular complexity index is 970. The van der Waals surface area contributed by atoms with Gasteiger partial charge in [-0.3, -0.25) is 4.79 Å². The van der Waals surface area contributed by atoms with E-state index in [1.54, 1.807) is 13.0 Å². The highest BCUT2D eigenvalue weighted by molar-refractivity contribution is 6.32. The molecule has 134 valence electrons. The van der Waals surface area contributed by atoms with Gasteiger partial charge in [0.15, 0.2) is 11.5 Å². The lowest BCUT2D eigenvalue weighted by Gasteiger charge is -2.08. The van der Waals surface area contributed by atoms with Gasteiger partial charge >= 0.3 is 0 Å². The van der Waals surface area contributed by atoms with E-state index in [-0.39, 0.29) is 29.0 Å². The lowest BCUT2D eigenvalue weighted by atomic mass is 10.2. The number of aromatic hydroxyl groups is 1. The molecule has 1 aromatic heterocycles. The summed E-state index contributed by atoms with van der Waals surface area (Å²) in [6.07, 6.45) is 1.41. The number of hydrogen-bond acceptors (Lipinski definition) is 6. The van der Waals surface area contributed by atoms with Crippen LogP contribution in [0.1, 0.15) is 12.5 Å². The van der Waals surface area contributed by atoms with Crippen LogP contribution in [0.4, 0.5) is 0 Å². The Morgan fingerprint density at radius 2 is 2.23 bits per heavy atom. The molecule has 0 radical (unpaired) electrons. The van der Waals surface area contributed by atoms with Gasteiger partial charge in [-0.25, -0.2) is 10.1 Å². The van der Waals surface area contributed by atoms with E-state index in [1.807, 2.05) is 24.3 Å². The molecule has 0 atom stereocenters. The van der Waals surface area contributed by atoms with Gasteiger partial charge in [0.05, 0.1) is 23.4 Å². The molecule has 26 heavy (non-hydrogen) atoms. The van der Waals surface area contributed by atoms with Gasteiger partial charge in [-0.2, -0.15) is 5.10 Å². The van der Waals surface area contributed by atoms with Crippen molar-refractivity contribution in [1.82, 2.24) is 20.4 Å². The van der Waals surface area contributed by atoms with Crippen molar-refractivity contribution in [3.63, 3.8) is 0 Å². The van der Waals surface area contributed by atoms with Gasteiger partial charge in [0.2, 0.25) is 0 Å². The van der Waals surface area contributed by atoms with E-state index in [0.717, 1.165) is 5.52 Å². The summed E-state index contributed by atoms with van der Waals surface area (Å²) in [6.45, 7) is 2.16. The first-order valence-electron chi connectivity index (χ1n) is 7.84. The average Bonchev–Trinajstić information content (AvgIpc) is 3.02. The Morgan fingerprint density at radius 1 is 1.42 bits per heavy atom. The van der Waals surface area contributed by atoms with E-state index in [1.165, 1.54) is 17.0 Å². The van der Waals surface area contributed by atoms with Crippen LogP contribution in [0.15, 0.2) is 41.5 Å². The number of nitrogens with zero attached hydrogens (tertiary/aromatic N) is 4. The van der Waals surface area contributed by atoms with Crippen molar-refractivity contribution in [3.05, 3.63) is 47.0 Å². The molecule has 0 aliphatic rings. The number of rotatable bonds is 6. The number of hydrogen-bond donors (Lipinski definition) is 2. The smallest absolute Gasteiger partial charge is 0.261 e. The summed E-state index contributed by atoms with van der Waals surface area (Å²) in [5.41, 5.74) is 4.46. The fourth-order valence-electron chi connectivity index (χ4n) is 2.32. The highest BCUT2D eigenvalue weighted by Gasteiger charge is 2.09. The third-order valence-corrected chi connectivity index (χ3v) is 3.76. The van der Waals surface area contributed by atoms with Gasteiger partial charge in [0.1, 0.15) is 12.1 Å². The van der Waals surface area contributed by atoms with E-state index >= 15 is 0 Å². The van der Waals surface area contributed by atoms with Gasteiger partial charge in [-0.05, 0) is 36.8 Å². The van der Waals surface area contributed by atoms with Crippen LogP contribution >= 0.6 is 11.6 Å². The van der Waals surface area contributed by atoms with E-state index < -0.39 is 0 Å². The number of fused-ring (bicyclic) bond motifs is 1. The number of halogens is 1. The number of benzene rings is 2. The first kappa shape index (κ1) is 17.7. The number of carbonyl (C=O) groups is 1. The zero-order chi connectivity index (χ0) is 18.5. The summed E-state index contributed by atoms with van der Waals surface area (Å²) >= 11 is 5.95. The van der Waals surface area contributed by atoms with Gasteiger partial charge in [-0.15, -0.1) is 5.10 Å². The Hall–Kier alpha value is -3.13. The van der Waals surface area contributed by atoms with Crippen LogP contribution in [0.25, 0.3) is 11.0 Å². The van der Waals surface area contributed by atoms with Crippen molar-refractivity contribution in [2.45, 2.75) is 13.5 Å². The normalized spacial score (nSPS) is 11.2. The number of carbonyl (C=O) groups excluding carboxylic acids is 1. The third kappa shape index (κ3) is 3.92. The van der Waals surface area contributed by atoms with Crippen LogP contribution < -0.4 is 10.2 Å². The average molecular weight is 374 g/mol. The highest BCUT2D eigenvalue weighted by atomic mass is 35.5. The maximum absolute atomic E-state index is 12.0. The molecule has 0 bridgehead atoms. The molecular formula is C17H16ClN5O3. The fourth-order valence-corrected chi connectivity index (χ4v) is 2.54. The monoisotopic (exact) mass is 373 g/mol. The Kier molecular flexibility index (Phi) is 5.33. The molecule has 0 spiro atoms. The minimum Gasteiger partial charge on any atom is -0.503 e. The summed E-state index contributed by atoms with van der Waals surface area (Å²) in [5.74, 6) is -0.235. The van der Waals surface area contributed by atoms with Crippen molar-refractivity contribution in [2.75, 3.05) is 6.61 Å². The van der Waals surface area contributed by atoms with Gasteiger partial charge in [-0.1, -0.05) is 28.9 Å². The molecule has 0 saturated carbocycles. The summed E-state index contributed by atoms with van der Waals surface area (Å²) in [7, 11) is 0. The number of para-hydroxylation sites is 1. The van der Waals surface area contributed by atoms with Gasteiger partial charge in [0.25, 0.3) is 5.91 Å². The predicted octanol–water partition coefficient (Wildman–Crippen LogP) is 2.34. The number of amides is 1. The molecule has 1 amide bonds. The Labute approximate surface area is 154 Å². The predicted molar refractivity (Wildman–Crippen MR) is 97.6 cm³/mol. The largest absolute Gasteiger partial charge is 0.503 e. The topological polar surface area (TPSA) is 102 Å². The minimum absolute atomic E-state index is 0.0155. The summed E-state index contributed by atoms with van der Waals surface area (Å²) in [6, 6.07) is 10.4. The summed E-state index contributed by atoms with van der Waals surface area (Å²) in [4.78, 5) is 12.0. The third-order valence-electron chi connectivity index (χ3n) is 3.47. The second-order valence-corrected chi connectivity index (χ2v) is 5.72. The highest BCUT2D eigenvalue weighted by Crippen LogP contribution is 2.34. The van der Waals surface area contributed by atoms with Gasteiger partial charge in [0, 0.05) is 0 Å². The first-order chi connectivity index (χ1) is 12.6. The molecule has 1 heterocycles. The van der Waals surface area contributed by atoms with Crippen molar-refractivity contribution in [1.29, 1.82) is 0 Å². The lowest BCUT2D eigenvalue weighted by Crippen LogP contribution is -2.23. The number of ether oxygens (including phenoxy) is 1.